The summed E-state index contributed by atoms with van der Waals surface area (Å²) in [6, 6.07) is 10.4. The molecule has 102 valence electrons. The first-order chi connectivity index (χ1) is 9.00. The molecule has 0 saturated heterocycles. The van der Waals surface area contributed by atoms with Gasteiger partial charge in [-0.1, -0.05) is 45.9 Å². The largest absolute Gasteiger partial charge is 0.467 e. The second kappa shape index (κ2) is 5.83. The molecular formula is C17H21ClO. The number of rotatable bonds is 4. The molecule has 1 nitrogen and oxygen atoms in total. The van der Waals surface area contributed by atoms with Crippen LogP contribution in [0.2, 0.25) is 0 Å². The van der Waals surface area contributed by atoms with Gasteiger partial charge in [0.2, 0.25) is 0 Å². The molecule has 2 aromatic rings. The quantitative estimate of drug-likeness (QED) is 0.638. The summed E-state index contributed by atoms with van der Waals surface area (Å²) < 4.78 is 5.43. The fraction of sp³-hybridized carbons (Fsp3) is 0.412. The van der Waals surface area contributed by atoms with E-state index in [0.29, 0.717) is 11.8 Å². The van der Waals surface area contributed by atoms with Crippen LogP contribution in [0.5, 0.6) is 0 Å². The smallest absolute Gasteiger partial charge is 0.126 e. The molecular weight excluding hydrogens is 256 g/mol. The van der Waals surface area contributed by atoms with Crippen LogP contribution in [-0.2, 0) is 0 Å². The van der Waals surface area contributed by atoms with Crippen LogP contribution < -0.4 is 0 Å². The molecule has 0 spiro atoms. The first-order valence-corrected chi connectivity index (χ1v) is 7.25. The van der Waals surface area contributed by atoms with Crippen molar-refractivity contribution in [3.63, 3.8) is 0 Å². The summed E-state index contributed by atoms with van der Waals surface area (Å²) in [5, 5.41) is -0.214. The number of alkyl halides is 1. The highest BCUT2D eigenvalue weighted by molar-refractivity contribution is 6.22. The molecule has 1 aromatic carbocycles. The molecule has 0 aliphatic heterocycles. The van der Waals surface area contributed by atoms with Crippen LogP contribution in [0.15, 0.2) is 41.0 Å². The van der Waals surface area contributed by atoms with E-state index in [1.54, 1.807) is 6.26 Å². The fourth-order valence-electron chi connectivity index (χ4n) is 2.27. The summed E-state index contributed by atoms with van der Waals surface area (Å²) in [6.07, 6.45) is 1.67. The van der Waals surface area contributed by atoms with E-state index < -0.39 is 0 Å². The minimum Gasteiger partial charge on any atom is -0.467 e. The second-order valence-corrected chi connectivity index (χ2v) is 6.01. The molecule has 1 unspecified atom stereocenters. The van der Waals surface area contributed by atoms with Crippen molar-refractivity contribution in [3.8, 4) is 0 Å². The van der Waals surface area contributed by atoms with Gasteiger partial charge in [0.1, 0.15) is 11.1 Å². The molecule has 0 aliphatic carbocycles. The predicted molar refractivity (Wildman–Crippen MR) is 81.0 cm³/mol. The molecule has 2 heteroatoms. The van der Waals surface area contributed by atoms with Crippen molar-refractivity contribution in [2.75, 3.05) is 0 Å². The Hall–Kier alpha value is -1.21. The van der Waals surface area contributed by atoms with Crippen LogP contribution >= 0.6 is 11.6 Å². The van der Waals surface area contributed by atoms with E-state index in [1.807, 2.05) is 12.1 Å². The third kappa shape index (κ3) is 3.03. The summed E-state index contributed by atoms with van der Waals surface area (Å²) in [5.41, 5.74) is 3.81. The van der Waals surface area contributed by atoms with Crippen LogP contribution in [0.4, 0.5) is 0 Å². The lowest BCUT2D eigenvalue weighted by molar-refractivity contribution is 0.515. The molecule has 0 bridgehead atoms. The van der Waals surface area contributed by atoms with Crippen LogP contribution in [0.25, 0.3) is 0 Å². The molecule has 1 atom stereocenters. The zero-order valence-electron chi connectivity index (χ0n) is 12.0. The molecule has 2 rings (SSSR count). The van der Waals surface area contributed by atoms with Crippen molar-refractivity contribution in [1.82, 2.24) is 0 Å². The average Bonchev–Trinajstić information content (AvgIpc) is 2.90. The number of benzene rings is 1. The molecule has 0 amide bonds. The van der Waals surface area contributed by atoms with Crippen molar-refractivity contribution in [2.24, 2.45) is 0 Å². The van der Waals surface area contributed by atoms with Crippen LogP contribution in [0.3, 0.4) is 0 Å². The van der Waals surface area contributed by atoms with Crippen molar-refractivity contribution in [1.29, 1.82) is 0 Å². The lowest BCUT2D eigenvalue weighted by Crippen LogP contribution is -2.02. The topological polar surface area (TPSA) is 13.1 Å². The van der Waals surface area contributed by atoms with Crippen LogP contribution in [0, 0.1) is 0 Å². The lowest BCUT2D eigenvalue weighted by atomic mass is 9.90. The average molecular weight is 277 g/mol. The molecule has 0 saturated carbocycles. The van der Waals surface area contributed by atoms with Gasteiger partial charge in [0.25, 0.3) is 0 Å². The van der Waals surface area contributed by atoms with Gasteiger partial charge in [-0.2, -0.15) is 0 Å². The van der Waals surface area contributed by atoms with Crippen molar-refractivity contribution in [2.45, 2.75) is 44.9 Å². The summed E-state index contributed by atoms with van der Waals surface area (Å²) in [7, 11) is 0. The van der Waals surface area contributed by atoms with E-state index in [1.165, 1.54) is 11.1 Å². The zero-order chi connectivity index (χ0) is 14.0. The lowest BCUT2D eigenvalue weighted by Gasteiger charge is -2.18. The molecule has 0 N–H and O–H groups in total. The van der Waals surface area contributed by atoms with Crippen molar-refractivity contribution >= 4 is 11.6 Å². The van der Waals surface area contributed by atoms with Gasteiger partial charge < -0.3 is 4.42 Å². The molecule has 1 heterocycles. The number of hydrogen-bond donors (Lipinski definition) is 0. The van der Waals surface area contributed by atoms with Crippen molar-refractivity contribution in [3.05, 3.63) is 59.0 Å². The Kier molecular flexibility index (Phi) is 4.36. The highest BCUT2D eigenvalue weighted by Gasteiger charge is 2.19. The van der Waals surface area contributed by atoms with E-state index in [-0.39, 0.29) is 5.38 Å². The summed E-state index contributed by atoms with van der Waals surface area (Å²) in [6.45, 7) is 8.83. The molecule has 1 aromatic heterocycles. The third-order valence-corrected chi connectivity index (χ3v) is 3.92. The van der Waals surface area contributed by atoms with Gasteiger partial charge >= 0.3 is 0 Å². The van der Waals surface area contributed by atoms with Crippen LogP contribution in [0.1, 0.15) is 67.4 Å². The molecule has 0 aliphatic rings. The Morgan fingerprint density at radius 2 is 1.68 bits per heavy atom. The highest BCUT2D eigenvalue weighted by atomic mass is 35.5. The van der Waals surface area contributed by atoms with Gasteiger partial charge in [-0.3, -0.25) is 0 Å². The van der Waals surface area contributed by atoms with Gasteiger partial charge in [-0.15, -0.1) is 11.6 Å². The number of furan rings is 1. The number of hydrogen-bond acceptors (Lipinski definition) is 1. The number of halogens is 1. The Morgan fingerprint density at radius 3 is 2.21 bits per heavy atom. The Balaban J connectivity index is 2.45. The maximum atomic E-state index is 6.56. The summed E-state index contributed by atoms with van der Waals surface area (Å²) >= 11 is 6.56. The molecule has 0 fully saturated rings. The van der Waals surface area contributed by atoms with Gasteiger partial charge in [0.05, 0.1) is 6.26 Å². The highest BCUT2D eigenvalue weighted by Crippen LogP contribution is 2.35. The maximum Gasteiger partial charge on any atom is 0.126 e. The van der Waals surface area contributed by atoms with Gasteiger partial charge in [0.15, 0.2) is 0 Å². The third-order valence-electron chi connectivity index (χ3n) is 3.47. The minimum atomic E-state index is -0.214. The first-order valence-electron chi connectivity index (χ1n) is 6.82. The SMILES string of the molecule is CC(C)c1ccc(C(Cl)c2ccco2)c(C(C)C)c1. The van der Waals surface area contributed by atoms with Gasteiger partial charge in [-0.25, -0.2) is 0 Å². The van der Waals surface area contributed by atoms with Gasteiger partial charge in [0, 0.05) is 0 Å². The fourth-order valence-corrected chi connectivity index (χ4v) is 2.59. The van der Waals surface area contributed by atoms with Crippen molar-refractivity contribution < 1.29 is 4.42 Å². The second-order valence-electron chi connectivity index (χ2n) is 5.58. The Bertz CT molecular complexity index is 526. The monoisotopic (exact) mass is 276 g/mol. The standard InChI is InChI=1S/C17H21ClO/c1-11(2)13-7-8-14(15(10-13)12(3)4)17(18)16-6-5-9-19-16/h5-12,17H,1-4H3. The maximum absolute atomic E-state index is 6.56. The summed E-state index contributed by atoms with van der Waals surface area (Å²) in [4.78, 5) is 0. The minimum absolute atomic E-state index is 0.214. The van der Waals surface area contributed by atoms with E-state index in [4.69, 9.17) is 16.0 Å². The van der Waals surface area contributed by atoms with Crippen LogP contribution in [-0.4, -0.2) is 0 Å². The predicted octanol–water partition coefficient (Wildman–Crippen LogP) is 5.85. The Labute approximate surface area is 120 Å². The van der Waals surface area contributed by atoms with E-state index in [2.05, 4.69) is 45.9 Å². The van der Waals surface area contributed by atoms with E-state index in [9.17, 15) is 0 Å². The molecule has 19 heavy (non-hydrogen) atoms. The first kappa shape index (κ1) is 14.2. The summed E-state index contributed by atoms with van der Waals surface area (Å²) in [5.74, 6) is 1.79. The zero-order valence-corrected chi connectivity index (χ0v) is 12.7. The molecule has 0 radical (unpaired) electrons. The van der Waals surface area contributed by atoms with E-state index >= 15 is 0 Å². The van der Waals surface area contributed by atoms with Gasteiger partial charge in [-0.05, 0) is 40.7 Å². The Morgan fingerprint density at radius 1 is 0.947 bits per heavy atom. The van der Waals surface area contributed by atoms with E-state index in [0.717, 1.165) is 11.3 Å². The normalized spacial score (nSPS) is 13.2.